The number of hydrogen-bond donors (Lipinski definition) is 0. The fourth-order valence-corrected chi connectivity index (χ4v) is 3.00. The molecule has 6 heteroatoms. The van der Waals surface area contributed by atoms with Gasteiger partial charge in [-0.15, -0.1) is 0 Å². The fraction of sp³-hybridized carbons (Fsp3) is 0.263. The summed E-state index contributed by atoms with van der Waals surface area (Å²) < 4.78 is 33.2. The lowest BCUT2D eigenvalue weighted by Crippen LogP contribution is -2.13. The summed E-state index contributed by atoms with van der Waals surface area (Å²) in [5, 5.41) is 6.31. The van der Waals surface area contributed by atoms with E-state index in [1.54, 1.807) is 0 Å². The summed E-state index contributed by atoms with van der Waals surface area (Å²) in [6, 6.07) is 11.5. The molecule has 0 N–H and O–H groups in total. The number of benzene rings is 2. The average molecular weight is 341 g/mol. The van der Waals surface area contributed by atoms with E-state index in [1.807, 2.05) is 35.5 Å². The second-order valence-electron chi connectivity index (χ2n) is 6.07. The Kier molecular flexibility index (Phi) is 4.17. The molecule has 2 aromatic rings. The van der Waals surface area contributed by atoms with Crippen molar-refractivity contribution >= 4 is 12.1 Å². The molecule has 0 fully saturated rings. The molecule has 2 aromatic carbocycles. The molecule has 25 heavy (non-hydrogen) atoms. The Bertz CT molecular complexity index is 813. The molecule has 0 bridgehead atoms. The number of nitrogens with zero attached hydrogens (tertiary/aromatic N) is 3. The normalized spacial score (nSPS) is 19.2. The molecule has 0 saturated heterocycles. The van der Waals surface area contributed by atoms with Crippen LogP contribution < -0.4 is 0 Å². The van der Waals surface area contributed by atoms with Gasteiger partial charge in [-0.3, -0.25) is 5.01 Å². The van der Waals surface area contributed by atoms with Crippen LogP contribution in [0.4, 0.5) is 8.78 Å². The molecular weight excluding hydrogens is 324 g/mol. The Hall–Kier alpha value is -2.76. The number of hydrogen-bond acceptors (Lipinski definition) is 4. The Morgan fingerprint density at radius 3 is 2.52 bits per heavy atom. The van der Waals surface area contributed by atoms with E-state index >= 15 is 0 Å². The number of halogens is 2. The summed E-state index contributed by atoms with van der Waals surface area (Å²) in [7, 11) is 0. The van der Waals surface area contributed by atoms with Crippen LogP contribution in [0.2, 0.25) is 0 Å². The van der Waals surface area contributed by atoms with Gasteiger partial charge in [0.05, 0.1) is 6.54 Å². The first kappa shape index (κ1) is 15.7. The average Bonchev–Trinajstić information content (AvgIpc) is 3.28. The van der Waals surface area contributed by atoms with Crippen LogP contribution in [-0.4, -0.2) is 30.3 Å². The molecule has 0 saturated carbocycles. The summed E-state index contributed by atoms with van der Waals surface area (Å²) in [4.78, 5) is 4.36. The molecule has 1 atom stereocenters. The van der Waals surface area contributed by atoms with Crippen LogP contribution in [0.5, 0.6) is 0 Å². The molecular formula is C19H17F2N3O. The van der Waals surface area contributed by atoms with Crippen molar-refractivity contribution in [3.8, 4) is 0 Å². The van der Waals surface area contributed by atoms with Gasteiger partial charge in [-0.25, -0.2) is 13.8 Å². The molecule has 128 valence electrons. The zero-order valence-electron chi connectivity index (χ0n) is 13.5. The third-order valence-electron chi connectivity index (χ3n) is 4.32. The van der Waals surface area contributed by atoms with Crippen molar-refractivity contribution in [3.63, 3.8) is 0 Å². The first-order valence-corrected chi connectivity index (χ1v) is 8.22. The highest BCUT2D eigenvalue weighted by atomic mass is 19.1. The molecule has 0 amide bonds. The lowest BCUT2D eigenvalue weighted by molar-refractivity contribution is 0.310. The van der Waals surface area contributed by atoms with Crippen molar-refractivity contribution in [2.24, 2.45) is 10.1 Å². The van der Waals surface area contributed by atoms with Gasteiger partial charge >= 0.3 is 0 Å². The molecule has 0 aromatic heterocycles. The van der Waals surface area contributed by atoms with Crippen LogP contribution in [0.3, 0.4) is 0 Å². The quantitative estimate of drug-likeness (QED) is 0.851. The van der Waals surface area contributed by atoms with E-state index in [-0.39, 0.29) is 24.1 Å². The molecule has 2 aliphatic rings. The maximum Gasteiger partial charge on any atom is 0.222 e. The van der Waals surface area contributed by atoms with E-state index in [9.17, 15) is 8.78 Å². The number of rotatable bonds is 4. The minimum absolute atomic E-state index is 0.0241. The van der Waals surface area contributed by atoms with Gasteiger partial charge in [0.2, 0.25) is 5.90 Å². The van der Waals surface area contributed by atoms with Crippen molar-refractivity contribution in [3.05, 3.63) is 70.8 Å². The van der Waals surface area contributed by atoms with Gasteiger partial charge < -0.3 is 4.74 Å². The molecule has 2 aliphatic heterocycles. The van der Waals surface area contributed by atoms with Crippen LogP contribution in [0.1, 0.15) is 29.2 Å². The van der Waals surface area contributed by atoms with Gasteiger partial charge in [-0.2, -0.15) is 5.10 Å². The highest BCUT2D eigenvalue weighted by molar-refractivity contribution is 5.95. The SMILES string of the molecule is Fc1cccc(F)c1C1=NC(c2ccc(CN3CCC=N3)cc2)CO1. The van der Waals surface area contributed by atoms with E-state index in [0.717, 1.165) is 30.6 Å². The first-order valence-electron chi connectivity index (χ1n) is 8.22. The van der Waals surface area contributed by atoms with Gasteiger partial charge in [0.1, 0.15) is 29.8 Å². The number of ether oxygens (including phenoxy) is 1. The van der Waals surface area contributed by atoms with E-state index in [1.165, 1.54) is 18.2 Å². The lowest BCUT2D eigenvalue weighted by atomic mass is 10.1. The first-order chi connectivity index (χ1) is 12.2. The third-order valence-corrected chi connectivity index (χ3v) is 4.32. The monoisotopic (exact) mass is 341 g/mol. The van der Waals surface area contributed by atoms with Crippen LogP contribution in [0.15, 0.2) is 52.6 Å². The van der Waals surface area contributed by atoms with Crippen LogP contribution >= 0.6 is 0 Å². The largest absolute Gasteiger partial charge is 0.475 e. The van der Waals surface area contributed by atoms with E-state index in [2.05, 4.69) is 10.1 Å². The lowest BCUT2D eigenvalue weighted by Gasteiger charge is -2.14. The fourth-order valence-electron chi connectivity index (χ4n) is 3.00. The second-order valence-corrected chi connectivity index (χ2v) is 6.07. The Morgan fingerprint density at radius 1 is 1.08 bits per heavy atom. The highest BCUT2D eigenvalue weighted by Gasteiger charge is 2.26. The van der Waals surface area contributed by atoms with Gasteiger partial charge in [0.15, 0.2) is 0 Å². The molecule has 4 rings (SSSR count). The molecule has 1 unspecified atom stereocenters. The van der Waals surface area contributed by atoms with E-state index < -0.39 is 11.6 Å². The zero-order valence-corrected chi connectivity index (χ0v) is 13.5. The maximum atomic E-state index is 13.9. The van der Waals surface area contributed by atoms with Crippen LogP contribution in [-0.2, 0) is 11.3 Å². The Morgan fingerprint density at radius 2 is 1.84 bits per heavy atom. The van der Waals surface area contributed by atoms with E-state index in [0.29, 0.717) is 0 Å². The maximum absolute atomic E-state index is 13.9. The van der Waals surface area contributed by atoms with E-state index in [4.69, 9.17) is 4.74 Å². The summed E-state index contributed by atoms with van der Waals surface area (Å²) in [5.41, 5.74) is 1.92. The van der Waals surface area contributed by atoms with Crippen molar-refractivity contribution < 1.29 is 13.5 Å². The molecule has 4 nitrogen and oxygen atoms in total. The second kappa shape index (κ2) is 6.63. The van der Waals surface area contributed by atoms with Gasteiger partial charge in [0, 0.05) is 19.2 Å². The minimum Gasteiger partial charge on any atom is -0.475 e. The summed E-state index contributed by atoms with van der Waals surface area (Å²) >= 11 is 0. The van der Waals surface area contributed by atoms with Crippen molar-refractivity contribution in [2.75, 3.05) is 13.2 Å². The molecule has 0 spiro atoms. The minimum atomic E-state index is -0.666. The van der Waals surface area contributed by atoms with Crippen molar-refractivity contribution in [2.45, 2.75) is 19.0 Å². The predicted octanol–water partition coefficient (Wildman–Crippen LogP) is 3.67. The van der Waals surface area contributed by atoms with Gasteiger partial charge in [0.25, 0.3) is 0 Å². The predicted molar refractivity (Wildman–Crippen MR) is 91.5 cm³/mol. The molecule has 2 heterocycles. The number of aliphatic imine (C=N–C) groups is 1. The van der Waals surface area contributed by atoms with Crippen molar-refractivity contribution in [1.29, 1.82) is 0 Å². The molecule has 0 radical (unpaired) electrons. The van der Waals surface area contributed by atoms with Gasteiger partial charge in [-0.1, -0.05) is 30.3 Å². The highest BCUT2D eigenvalue weighted by Crippen LogP contribution is 2.27. The van der Waals surface area contributed by atoms with Crippen LogP contribution in [0, 0.1) is 11.6 Å². The third kappa shape index (κ3) is 3.24. The summed E-state index contributed by atoms with van der Waals surface area (Å²) in [5.74, 6) is -1.31. The van der Waals surface area contributed by atoms with Crippen molar-refractivity contribution in [1.82, 2.24) is 5.01 Å². The van der Waals surface area contributed by atoms with Crippen LogP contribution in [0.25, 0.3) is 0 Å². The van der Waals surface area contributed by atoms with Gasteiger partial charge in [-0.05, 0) is 23.3 Å². The Balaban J connectivity index is 1.51. The topological polar surface area (TPSA) is 37.2 Å². The summed E-state index contributed by atoms with van der Waals surface area (Å²) in [6.07, 6.45) is 2.91. The standard InChI is InChI=1S/C19H17F2N3O/c20-15-3-1-4-16(21)18(15)19-23-17(12-25-19)14-7-5-13(6-8-14)11-24-10-2-9-22-24/h1,3-9,17H,2,10-12H2. The summed E-state index contributed by atoms with van der Waals surface area (Å²) in [6.45, 7) is 1.99. The molecule has 0 aliphatic carbocycles. The smallest absolute Gasteiger partial charge is 0.222 e. The zero-order chi connectivity index (χ0) is 17.2. The number of hydrazone groups is 1. The Labute approximate surface area is 144 Å².